The Balaban J connectivity index is 1.79. The van der Waals surface area contributed by atoms with Gasteiger partial charge in [-0.2, -0.15) is 13.2 Å². The van der Waals surface area contributed by atoms with Crippen LogP contribution in [0.1, 0.15) is 24.8 Å². The standard InChI is InChI=1S/C15H19F3N2O2/c16-15(17,18)12-3-1-2-4-13(12)22-8-7-20-14(21)10-5-6-11(19)9-10/h1-4,10-11H,5-9,19H2,(H,20,21). The molecule has 0 heterocycles. The van der Waals surface area contributed by atoms with Crippen molar-refractivity contribution in [2.75, 3.05) is 13.2 Å². The minimum absolute atomic E-state index is 0.0163. The third kappa shape index (κ3) is 4.37. The second-order valence-corrected chi connectivity index (χ2v) is 5.40. The van der Waals surface area contributed by atoms with Gasteiger partial charge in [0.1, 0.15) is 12.4 Å². The summed E-state index contributed by atoms with van der Waals surface area (Å²) in [6.45, 7) is 0.147. The van der Waals surface area contributed by atoms with Crippen molar-refractivity contribution in [3.05, 3.63) is 29.8 Å². The first kappa shape index (κ1) is 16.6. The molecule has 4 nitrogen and oxygen atoms in total. The summed E-state index contributed by atoms with van der Waals surface area (Å²) >= 11 is 0. The Labute approximate surface area is 126 Å². The monoisotopic (exact) mass is 316 g/mol. The number of hydrogen-bond donors (Lipinski definition) is 2. The number of rotatable bonds is 5. The Morgan fingerprint density at radius 3 is 2.68 bits per heavy atom. The minimum atomic E-state index is -4.46. The number of benzene rings is 1. The van der Waals surface area contributed by atoms with Crippen LogP contribution >= 0.6 is 0 Å². The van der Waals surface area contributed by atoms with E-state index in [1.165, 1.54) is 18.2 Å². The maximum atomic E-state index is 12.8. The highest BCUT2D eigenvalue weighted by Gasteiger charge is 2.34. The molecule has 2 unspecified atom stereocenters. The molecule has 2 atom stereocenters. The van der Waals surface area contributed by atoms with Gasteiger partial charge in [0.05, 0.1) is 12.1 Å². The Hall–Kier alpha value is -1.76. The maximum absolute atomic E-state index is 12.8. The molecule has 1 aromatic rings. The summed E-state index contributed by atoms with van der Waals surface area (Å²) < 4.78 is 43.4. The Bertz CT molecular complexity index is 520. The lowest BCUT2D eigenvalue weighted by Crippen LogP contribution is -2.33. The molecule has 1 fully saturated rings. The summed E-state index contributed by atoms with van der Waals surface area (Å²) in [4.78, 5) is 11.8. The number of carbonyl (C=O) groups excluding carboxylic acids is 1. The molecular formula is C15H19F3N2O2. The first-order valence-electron chi connectivity index (χ1n) is 7.20. The Kier molecular flexibility index (Phi) is 5.28. The number of nitrogens with two attached hydrogens (primary N) is 1. The average Bonchev–Trinajstić information content (AvgIpc) is 2.89. The van der Waals surface area contributed by atoms with Crippen LogP contribution in [-0.2, 0) is 11.0 Å². The molecular weight excluding hydrogens is 297 g/mol. The number of halogens is 3. The SMILES string of the molecule is NC1CCC(C(=O)NCCOc2ccccc2C(F)(F)F)C1. The molecule has 2 rings (SSSR count). The van der Waals surface area contributed by atoms with Crippen molar-refractivity contribution in [2.45, 2.75) is 31.5 Å². The van der Waals surface area contributed by atoms with E-state index in [1.807, 2.05) is 0 Å². The molecule has 0 bridgehead atoms. The fourth-order valence-corrected chi connectivity index (χ4v) is 2.56. The molecule has 0 aromatic heterocycles. The van der Waals surface area contributed by atoms with E-state index >= 15 is 0 Å². The summed E-state index contributed by atoms with van der Waals surface area (Å²) in [5, 5.41) is 2.67. The largest absolute Gasteiger partial charge is 0.491 e. The molecule has 7 heteroatoms. The summed E-state index contributed by atoms with van der Waals surface area (Å²) in [5.74, 6) is -0.440. The molecule has 1 amide bonds. The van der Waals surface area contributed by atoms with Gasteiger partial charge in [-0.1, -0.05) is 12.1 Å². The van der Waals surface area contributed by atoms with Crippen LogP contribution in [0.25, 0.3) is 0 Å². The van der Waals surface area contributed by atoms with Crippen molar-refractivity contribution in [1.29, 1.82) is 0 Å². The molecule has 0 saturated heterocycles. The molecule has 0 spiro atoms. The Morgan fingerprint density at radius 1 is 1.32 bits per heavy atom. The second-order valence-electron chi connectivity index (χ2n) is 5.40. The predicted molar refractivity (Wildman–Crippen MR) is 75.3 cm³/mol. The van der Waals surface area contributed by atoms with Gasteiger partial charge >= 0.3 is 6.18 Å². The van der Waals surface area contributed by atoms with Crippen LogP contribution < -0.4 is 15.8 Å². The molecule has 0 radical (unpaired) electrons. The van der Waals surface area contributed by atoms with E-state index in [-0.39, 0.29) is 36.8 Å². The first-order valence-corrected chi connectivity index (χ1v) is 7.20. The highest BCUT2D eigenvalue weighted by atomic mass is 19.4. The van der Waals surface area contributed by atoms with Gasteiger partial charge in [-0.25, -0.2) is 0 Å². The number of amides is 1. The van der Waals surface area contributed by atoms with Crippen molar-refractivity contribution >= 4 is 5.91 Å². The van der Waals surface area contributed by atoms with Gasteiger partial charge < -0.3 is 15.8 Å². The smallest absolute Gasteiger partial charge is 0.419 e. The summed E-state index contributed by atoms with van der Waals surface area (Å²) in [7, 11) is 0. The van der Waals surface area contributed by atoms with E-state index in [2.05, 4.69) is 5.32 Å². The molecule has 22 heavy (non-hydrogen) atoms. The van der Waals surface area contributed by atoms with Gasteiger partial charge in [-0.15, -0.1) is 0 Å². The van der Waals surface area contributed by atoms with Crippen LogP contribution in [0.15, 0.2) is 24.3 Å². The summed E-state index contributed by atoms with van der Waals surface area (Å²) in [6, 6.07) is 5.07. The third-order valence-electron chi connectivity index (χ3n) is 3.70. The molecule has 1 aliphatic rings. The van der Waals surface area contributed by atoms with Crippen LogP contribution in [0.4, 0.5) is 13.2 Å². The van der Waals surface area contributed by atoms with E-state index in [0.717, 1.165) is 18.9 Å². The first-order chi connectivity index (χ1) is 10.4. The Morgan fingerprint density at radius 2 is 2.05 bits per heavy atom. The van der Waals surface area contributed by atoms with E-state index < -0.39 is 11.7 Å². The second kappa shape index (κ2) is 7.00. The quantitative estimate of drug-likeness (QED) is 0.820. The zero-order valence-electron chi connectivity index (χ0n) is 12.0. The number of hydrogen-bond acceptors (Lipinski definition) is 3. The van der Waals surface area contributed by atoms with Crippen LogP contribution in [0.2, 0.25) is 0 Å². The van der Waals surface area contributed by atoms with Gasteiger partial charge in [0.25, 0.3) is 0 Å². The van der Waals surface area contributed by atoms with Crippen molar-refractivity contribution in [2.24, 2.45) is 11.7 Å². The predicted octanol–water partition coefficient (Wildman–Crippen LogP) is 2.33. The van der Waals surface area contributed by atoms with Gasteiger partial charge in [0.2, 0.25) is 5.91 Å². The summed E-state index contributed by atoms with van der Waals surface area (Å²) in [5.41, 5.74) is 4.92. The van der Waals surface area contributed by atoms with Gasteiger partial charge in [-0.05, 0) is 31.4 Å². The van der Waals surface area contributed by atoms with Crippen LogP contribution in [0.5, 0.6) is 5.75 Å². The number of carbonyl (C=O) groups is 1. The maximum Gasteiger partial charge on any atom is 0.419 e. The van der Waals surface area contributed by atoms with Gasteiger partial charge in [-0.3, -0.25) is 4.79 Å². The lowest BCUT2D eigenvalue weighted by molar-refractivity contribution is -0.139. The van der Waals surface area contributed by atoms with Gasteiger partial charge in [0, 0.05) is 12.0 Å². The van der Waals surface area contributed by atoms with Crippen molar-refractivity contribution < 1.29 is 22.7 Å². The normalized spacial score (nSPS) is 21.6. The lowest BCUT2D eigenvalue weighted by Gasteiger charge is -2.15. The van der Waals surface area contributed by atoms with Crippen LogP contribution in [0, 0.1) is 5.92 Å². The molecule has 1 aliphatic carbocycles. The van der Waals surface area contributed by atoms with E-state index in [0.29, 0.717) is 6.42 Å². The number of para-hydroxylation sites is 1. The molecule has 3 N–H and O–H groups in total. The minimum Gasteiger partial charge on any atom is -0.491 e. The fourth-order valence-electron chi connectivity index (χ4n) is 2.56. The van der Waals surface area contributed by atoms with Crippen molar-refractivity contribution in [1.82, 2.24) is 5.32 Å². The van der Waals surface area contributed by atoms with Crippen molar-refractivity contribution in [3.63, 3.8) is 0 Å². The fraction of sp³-hybridized carbons (Fsp3) is 0.533. The zero-order valence-corrected chi connectivity index (χ0v) is 12.0. The van der Waals surface area contributed by atoms with Crippen LogP contribution in [-0.4, -0.2) is 25.1 Å². The molecule has 1 saturated carbocycles. The average molecular weight is 316 g/mol. The van der Waals surface area contributed by atoms with E-state index in [1.54, 1.807) is 0 Å². The van der Waals surface area contributed by atoms with Crippen LogP contribution in [0.3, 0.4) is 0 Å². The summed E-state index contributed by atoms with van der Waals surface area (Å²) in [6.07, 6.45) is -2.22. The third-order valence-corrected chi connectivity index (χ3v) is 3.70. The number of nitrogens with one attached hydrogen (secondary N) is 1. The zero-order chi connectivity index (χ0) is 16.2. The topological polar surface area (TPSA) is 64.4 Å². The van der Waals surface area contributed by atoms with Crippen molar-refractivity contribution in [3.8, 4) is 5.75 Å². The van der Waals surface area contributed by atoms with E-state index in [9.17, 15) is 18.0 Å². The highest BCUT2D eigenvalue weighted by molar-refractivity contribution is 5.78. The highest BCUT2D eigenvalue weighted by Crippen LogP contribution is 2.35. The molecule has 122 valence electrons. The van der Waals surface area contributed by atoms with Gasteiger partial charge in [0.15, 0.2) is 0 Å². The van der Waals surface area contributed by atoms with E-state index in [4.69, 9.17) is 10.5 Å². The number of ether oxygens (including phenoxy) is 1. The lowest BCUT2D eigenvalue weighted by atomic mass is 10.1. The number of alkyl halides is 3. The molecule has 0 aliphatic heterocycles. The molecule has 1 aromatic carbocycles.